The Balaban J connectivity index is 2.20. The smallest absolute Gasteiger partial charge is 0.231 e. The number of rotatable bonds is 4. The first-order chi connectivity index (χ1) is 9.59. The molecule has 0 saturated carbocycles. The fourth-order valence-electron chi connectivity index (χ4n) is 2.83. The Morgan fingerprint density at radius 2 is 2.10 bits per heavy atom. The number of hydrogen-bond donors (Lipinski definition) is 2. The third-order valence-electron chi connectivity index (χ3n) is 3.88. The SMILES string of the molecule is CCCC1(C(=O)Nc2c(Cl)cccc2Cl)CCCNC1. The van der Waals surface area contributed by atoms with Crippen LogP contribution in [0.2, 0.25) is 10.0 Å². The van der Waals surface area contributed by atoms with Crippen LogP contribution in [0.15, 0.2) is 18.2 Å². The Hall–Kier alpha value is -0.770. The highest BCUT2D eigenvalue weighted by atomic mass is 35.5. The Morgan fingerprint density at radius 1 is 1.40 bits per heavy atom. The maximum absolute atomic E-state index is 12.7. The zero-order chi connectivity index (χ0) is 14.6. The van der Waals surface area contributed by atoms with E-state index in [2.05, 4.69) is 17.6 Å². The molecule has 1 saturated heterocycles. The van der Waals surface area contributed by atoms with Crippen molar-refractivity contribution in [2.75, 3.05) is 18.4 Å². The van der Waals surface area contributed by atoms with Gasteiger partial charge in [0.2, 0.25) is 5.91 Å². The molecule has 0 aliphatic carbocycles. The second-order valence-electron chi connectivity index (χ2n) is 5.36. The van der Waals surface area contributed by atoms with Gasteiger partial charge in [0.05, 0.1) is 21.1 Å². The predicted molar refractivity (Wildman–Crippen MR) is 84.5 cm³/mol. The first-order valence-corrected chi connectivity index (χ1v) is 7.81. The number of hydrogen-bond acceptors (Lipinski definition) is 2. The summed E-state index contributed by atoms with van der Waals surface area (Å²) in [5.41, 5.74) is 0.164. The van der Waals surface area contributed by atoms with Crippen LogP contribution in [0.25, 0.3) is 0 Å². The summed E-state index contributed by atoms with van der Waals surface area (Å²) in [6.07, 6.45) is 3.77. The van der Waals surface area contributed by atoms with E-state index in [9.17, 15) is 4.79 Å². The lowest BCUT2D eigenvalue weighted by molar-refractivity contribution is -0.127. The molecule has 1 aromatic rings. The van der Waals surface area contributed by atoms with Gasteiger partial charge in [-0.05, 0) is 37.9 Å². The minimum Gasteiger partial charge on any atom is -0.323 e. The summed E-state index contributed by atoms with van der Waals surface area (Å²) in [7, 11) is 0. The van der Waals surface area contributed by atoms with Crippen molar-refractivity contribution in [2.45, 2.75) is 32.6 Å². The Kier molecular flexibility index (Phi) is 5.30. The normalized spacial score (nSPS) is 22.6. The average Bonchev–Trinajstić information content (AvgIpc) is 2.44. The highest BCUT2D eigenvalue weighted by molar-refractivity contribution is 6.39. The molecular formula is C15H20Cl2N2O. The molecular weight excluding hydrogens is 295 g/mol. The third kappa shape index (κ3) is 3.27. The van der Waals surface area contributed by atoms with Gasteiger partial charge in [0.15, 0.2) is 0 Å². The molecule has 5 heteroatoms. The Bertz CT molecular complexity index is 459. The van der Waals surface area contributed by atoms with Crippen LogP contribution in [0, 0.1) is 5.41 Å². The second kappa shape index (κ2) is 6.79. The molecule has 1 atom stereocenters. The summed E-state index contributed by atoms with van der Waals surface area (Å²) >= 11 is 12.2. The van der Waals surface area contributed by atoms with E-state index in [-0.39, 0.29) is 11.3 Å². The van der Waals surface area contributed by atoms with E-state index in [0.29, 0.717) is 15.7 Å². The Morgan fingerprint density at radius 3 is 2.65 bits per heavy atom. The van der Waals surface area contributed by atoms with Crippen LogP contribution in [-0.4, -0.2) is 19.0 Å². The first-order valence-electron chi connectivity index (χ1n) is 7.05. The van der Waals surface area contributed by atoms with Gasteiger partial charge in [-0.2, -0.15) is 0 Å². The van der Waals surface area contributed by atoms with Crippen LogP contribution in [0.1, 0.15) is 32.6 Å². The van der Waals surface area contributed by atoms with Crippen molar-refractivity contribution in [3.05, 3.63) is 28.2 Å². The van der Waals surface area contributed by atoms with E-state index in [1.807, 2.05) is 0 Å². The van der Waals surface area contributed by atoms with Gasteiger partial charge in [0.1, 0.15) is 0 Å². The van der Waals surface area contributed by atoms with Gasteiger partial charge >= 0.3 is 0 Å². The highest BCUT2D eigenvalue weighted by Crippen LogP contribution is 2.36. The van der Waals surface area contributed by atoms with Crippen LogP contribution in [0.3, 0.4) is 0 Å². The van der Waals surface area contributed by atoms with Crippen molar-refractivity contribution in [3.8, 4) is 0 Å². The number of benzene rings is 1. The fourth-order valence-corrected chi connectivity index (χ4v) is 3.32. The van der Waals surface area contributed by atoms with Crippen molar-refractivity contribution in [1.82, 2.24) is 5.32 Å². The van der Waals surface area contributed by atoms with Gasteiger partial charge in [0, 0.05) is 6.54 Å². The molecule has 1 aliphatic heterocycles. The molecule has 0 aromatic heterocycles. The molecule has 3 nitrogen and oxygen atoms in total. The van der Waals surface area contributed by atoms with E-state index in [4.69, 9.17) is 23.2 Å². The van der Waals surface area contributed by atoms with Gasteiger partial charge in [-0.1, -0.05) is 42.6 Å². The third-order valence-corrected chi connectivity index (χ3v) is 4.51. The zero-order valence-electron chi connectivity index (χ0n) is 11.6. The van der Waals surface area contributed by atoms with Gasteiger partial charge in [-0.3, -0.25) is 4.79 Å². The van der Waals surface area contributed by atoms with Crippen LogP contribution in [0.4, 0.5) is 5.69 Å². The molecule has 1 unspecified atom stereocenters. The van der Waals surface area contributed by atoms with Crippen molar-refractivity contribution >= 4 is 34.8 Å². The maximum Gasteiger partial charge on any atom is 0.231 e. The minimum atomic E-state index is -0.352. The number of para-hydroxylation sites is 1. The standard InChI is InChI=1S/C15H20Cl2N2O/c1-2-7-15(8-4-9-18-10-15)14(20)19-13-11(16)5-3-6-12(13)17/h3,5-6,18H,2,4,7-10H2,1H3,(H,19,20). The van der Waals surface area contributed by atoms with Crippen LogP contribution < -0.4 is 10.6 Å². The maximum atomic E-state index is 12.7. The largest absolute Gasteiger partial charge is 0.323 e. The summed E-state index contributed by atoms with van der Waals surface area (Å²) in [6.45, 7) is 3.80. The minimum absolute atomic E-state index is 0.0153. The number of carbonyl (C=O) groups is 1. The summed E-state index contributed by atoms with van der Waals surface area (Å²) in [4.78, 5) is 12.7. The van der Waals surface area contributed by atoms with Crippen molar-refractivity contribution in [3.63, 3.8) is 0 Å². The number of nitrogens with one attached hydrogen (secondary N) is 2. The summed E-state index contributed by atoms with van der Waals surface area (Å²) < 4.78 is 0. The van der Waals surface area contributed by atoms with E-state index in [1.54, 1.807) is 18.2 Å². The summed E-state index contributed by atoms with van der Waals surface area (Å²) in [5.74, 6) is 0.0153. The average molecular weight is 315 g/mol. The summed E-state index contributed by atoms with van der Waals surface area (Å²) in [6, 6.07) is 5.23. The molecule has 110 valence electrons. The van der Waals surface area contributed by atoms with Gasteiger partial charge in [-0.15, -0.1) is 0 Å². The lowest BCUT2D eigenvalue weighted by Gasteiger charge is -2.36. The monoisotopic (exact) mass is 314 g/mol. The lowest BCUT2D eigenvalue weighted by atomic mass is 9.76. The topological polar surface area (TPSA) is 41.1 Å². The molecule has 0 spiro atoms. The number of piperidine rings is 1. The van der Waals surface area contributed by atoms with Crippen LogP contribution in [0.5, 0.6) is 0 Å². The number of carbonyl (C=O) groups excluding carboxylic acids is 1. The molecule has 1 amide bonds. The van der Waals surface area contributed by atoms with Crippen LogP contribution >= 0.6 is 23.2 Å². The molecule has 0 bridgehead atoms. The molecule has 20 heavy (non-hydrogen) atoms. The second-order valence-corrected chi connectivity index (χ2v) is 6.18. The van der Waals surface area contributed by atoms with Crippen molar-refractivity contribution in [2.24, 2.45) is 5.41 Å². The van der Waals surface area contributed by atoms with Gasteiger partial charge in [-0.25, -0.2) is 0 Å². The molecule has 2 rings (SSSR count). The number of anilines is 1. The first kappa shape index (κ1) is 15.6. The van der Waals surface area contributed by atoms with Crippen molar-refractivity contribution in [1.29, 1.82) is 0 Å². The molecule has 1 heterocycles. The molecule has 1 fully saturated rings. The number of amides is 1. The lowest BCUT2D eigenvalue weighted by Crippen LogP contribution is -2.48. The van der Waals surface area contributed by atoms with E-state index < -0.39 is 0 Å². The molecule has 2 N–H and O–H groups in total. The molecule has 0 radical (unpaired) electrons. The number of halogens is 2. The fraction of sp³-hybridized carbons (Fsp3) is 0.533. The van der Waals surface area contributed by atoms with Gasteiger partial charge in [0.25, 0.3) is 0 Å². The predicted octanol–water partition coefficient (Wildman–Crippen LogP) is 4.10. The van der Waals surface area contributed by atoms with E-state index in [0.717, 1.165) is 38.8 Å². The Labute approximate surface area is 130 Å². The zero-order valence-corrected chi connectivity index (χ0v) is 13.2. The quantitative estimate of drug-likeness (QED) is 0.878. The van der Waals surface area contributed by atoms with Gasteiger partial charge < -0.3 is 10.6 Å². The van der Waals surface area contributed by atoms with E-state index in [1.165, 1.54) is 0 Å². The summed E-state index contributed by atoms with van der Waals surface area (Å²) in [5, 5.41) is 7.21. The van der Waals surface area contributed by atoms with Crippen molar-refractivity contribution < 1.29 is 4.79 Å². The van der Waals surface area contributed by atoms with Crippen LogP contribution in [-0.2, 0) is 4.79 Å². The highest BCUT2D eigenvalue weighted by Gasteiger charge is 2.39. The molecule has 1 aromatic carbocycles. The van der Waals surface area contributed by atoms with E-state index >= 15 is 0 Å². The molecule has 1 aliphatic rings.